The van der Waals surface area contributed by atoms with Crippen LogP contribution in [-0.2, 0) is 20.1 Å². The van der Waals surface area contributed by atoms with Gasteiger partial charge in [0.25, 0.3) is 0 Å². The molecular formula is C15H21N3O3. The Hall–Kier alpha value is -2.21. The highest BCUT2D eigenvalue weighted by molar-refractivity contribution is 5.55. The van der Waals surface area contributed by atoms with Crippen molar-refractivity contribution in [1.29, 1.82) is 0 Å². The highest BCUT2D eigenvalue weighted by Crippen LogP contribution is 2.39. The Bertz CT molecular complexity index is 596. The van der Waals surface area contributed by atoms with Crippen LogP contribution in [0.25, 0.3) is 0 Å². The van der Waals surface area contributed by atoms with Crippen LogP contribution in [0.1, 0.15) is 11.3 Å². The summed E-state index contributed by atoms with van der Waals surface area (Å²) in [5.74, 6) is 1.95. The summed E-state index contributed by atoms with van der Waals surface area (Å²) in [6, 6.07) is 5.82. The van der Waals surface area contributed by atoms with Crippen molar-refractivity contribution in [3.8, 4) is 17.2 Å². The fourth-order valence-electron chi connectivity index (χ4n) is 2.19. The number of aryl methyl sites for hydroxylation is 1. The van der Waals surface area contributed by atoms with Crippen LogP contribution in [0.4, 0.5) is 0 Å². The summed E-state index contributed by atoms with van der Waals surface area (Å²) in [6.45, 7) is 1.35. The largest absolute Gasteiger partial charge is 0.493 e. The molecule has 0 unspecified atom stereocenters. The molecule has 114 valence electrons. The molecule has 1 aromatic carbocycles. The Morgan fingerprint density at radius 2 is 1.76 bits per heavy atom. The van der Waals surface area contributed by atoms with E-state index in [1.54, 1.807) is 26.0 Å². The van der Waals surface area contributed by atoms with Crippen molar-refractivity contribution in [1.82, 2.24) is 15.1 Å². The minimum atomic E-state index is 0.608. The van der Waals surface area contributed by atoms with Crippen molar-refractivity contribution in [2.75, 3.05) is 21.3 Å². The number of nitrogens with zero attached hydrogens (tertiary/aromatic N) is 2. The predicted octanol–water partition coefficient (Wildman–Crippen LogP) is 1.74. The first-order valence-corrected chi connectivity index (χ1v) is 6.66. The molecule has 0 atom stereocenters. The van der Waals surface area contributed by atoms with Crippen LogP contribution in [0.3, 0.4) is 0 Å². The van der Waals surface area contributed by atoms with Gasteiger partial charge in [-0.05, 0) is 12.1 Å². The molecule has 0 aliphatic rings. The molecule has 0 amide bonds. The van der Waals surface area contributed by atoms with Crippen LogP contribution in [0.5, 0.6) is 17.2 Å². The second-order valence-corrected chi connectivity index (χ2v) is 4.58. The maximum absolute atomic E-state index is 5.45. The van der Waals surface area contributed by atoms with Gasteiger partial charge in [-0.3, -0.25) is 4.68 Å². The van der Waals surface area contributed by atoms with Gasteiger partial charge in [0.2, 0.25) is 5.75 Å². The quantitative estimate of drug-likeness (QED) is 0.842. The summed E-state index contributed by atoms with van der Waals surface area (Å²) in [5.41, 5.74) is 2.00. The highest BCUT2D eigenvalue weighted by atomic mass is 16.5. The van der Waals surface area contributed by atoms with Crippen LogP contribution in [0.2, 0.25) is 0 Å². The van der Waals surface area contributed by atoms with Gasteiger partial charge in [-0.2, -0.15) is 5.10 Å². The number of methoxy groups -OCH3 is 3. The standard InChI is InChI=1S/C15H21N3O3/c1-18-8-7-12(17-18)10-16-9-11-5-6-13(19-2)15(21-4)14(11)20-3/h5-8,16H,9-10H2,1-4H3. The van der Waals surface area contributed by atoms with E-state index in [9.17, 15) is 0 Å². The van der Waals surface area contributed by atoms with E-state index in [-0.39, 0.29) is 0 Å². The fraction of sp³-hybridized carbons (Fsp3) is 0.400. The number of benzene rings is 1. The molecule has 1 aromatic heterocycles. The van der Waals surface area contributed by atoms with Gasteiger partial charge >= 0.3 is 0 Å². The second kappa shape index (κ2) is 6.99. The smallest absolute Gasteiger partial charge is 0.203 e. The third-order valence-electron chi connectivity index (χ3n) is 3.18. The Morgan fingerprint density at radius 1 is 1.00 bits per heavy atom. The zero-order valence-corrected chi connectivity index (χ0v) is 12.8. The van der Waals surface area contributed by atoms with E-state index in [0.717, 1.165) is 11.3 Å². The lowest BCUT2D eigenvalue weighted by Crippen LogP contribution is -2.14. The number of aromatic nitrogens is 2. The maximum atomic E-state index is 5.45. The van der Waals surface area contributed by atoms with Crippen LogP contribution in [0.15, 0.2) is 24.4 Å². The fourth-order valence-corrected chi connectivity index (χ4v) is 2.19. The summed E-state index contributed by atoms with van der Waals surface area (Å²) in [5, 5.41) is 7.67. The van der Waals surface area contributed by atoms with E-state index in [1.807, 2.05) is 31.4 Å². The van der Waals surface area contributed by atoms with Crippen LogP contribution >= 0.6 is 0 Å². The molecule has 6 heteroatoms. The lowest BCUT2D eigenvalue weighted by atomic mass is 10.1. The zero-order chi connectivity index (χ0) is 15.2. The van der Waals surface area contributed by atoms with Gasteiger partial charge in [0.05, 0.1) is 27.0 Å². The minimum absolute atomic E-state index is 0.608. The first-order chi connectivity index (χ1) is 10.2. The molecule has 0 saturated heterocycles. The molecule has 0 spiro atoms. The van der Waals surface area contributed by atoms with Gasteiger partial charge in [-0.15, -0.1) is 0 Å². The van der Waals surface area contributed by atoms with Crippen molar-refractivity contribution in [2.24, 2.45) is 7.05 Å². The third kappa shape index (κ3) is 3.46. The highest BCUT2D eigenvalue weighted by Gasteiger charge is 2.15. The first-order valence-electron chi connectivity index (χ1n) is 6.66. The van der Waals surface area contributed by atoms with Gasteiger partial charge < -0.3 is 19.5 Å². The molecule has 0 radical (unpaired) electrons. The van der Waals surface area contributed by atoms with Crippen LogP contribution < -0.4 is 19.5 Å². The number of rotatable bonds is 7. The van der Waals surface area contributed by atoms with Crippen molar-refractivity contribution in [3.63, 3.8) is 0 Å². The van der Waals surface area contributed by atoms with E-state index in [1.165, 1.54) is 0 Å². The average molecular weight is 291 g/mol. The van der Waals surface area contributed by atoms with E-state index in [4.69, 9.17) is 14.2 Å². The van der Waals surface area contributed by atoms with Crippen molar-refractivity contribution in [3.05, 3.63) is 35.7 Å². The van der Waals surface area contributed by atoms with E-state index >= 15 is 0 Å². The molecule has 0 bridgehead atoms. The van der Waals surface area contributed by atoms with Crippen molar-refractivity contribution in [2.45, 2.75) is 13.1 Å². The summed E-state index contributed by atoms with van der Waals surface area (Å²) in [4.78, 5) is 0. The van der Waals surface area contributed by atoms with E-state index in [0.29, 0.717) is 30.3 Å². The molecule has 21 heavy (non-hydrogen) atoms. The van der Waals surface area contributed by atoms with Crippen molar-refractivity contribution < 1.29 is 14.2 Å². The van der Waals surface area contributed by atoms with E-state index < -0.39 is 0 Å². The summed E-state index contributed by atoms with van der Waals surface area (Å²) in [7, 11) is 6.74. The number of hydrogen-bond acceptors (Lipinski definition) is 5. The molecule has 6 nitrogen and oxygen atoms in total. The Labute approximate surface area is 124 Å². The van der Waals surface area contributed by atoms with Gasteiger partial charge in [0.1, 0.15) is 0 Å². The molecule has 0 aliphatic carbocycles. The lowest BCUT2D eigenvalue weighted by Gasteiger charge is -2.15. The molecule has 0 saturated carbocycles. The zero-order valence-electron chi connectivity index (χ0n) is 12.8. The second-order valence-electron chi connectivity index (χ2n) is 4.58. The summed E-state index contributed by atoms with van der Waals surface area (Å²) in [6.07, 6.45) is 1.92. The average Bonchev–Trinajstić information content (AvgIpc) is 2.91. The first kappa shape index (κ1) is 15.2. The third-order valence-corrected chi connectivity index (χ3v) is 3.18. The molecule has 0 aliphatic heterocycles. The molecule has 1 heterocycles. The molecular weight excluding hydrogens is 270 g/mol. The SMILES string of the molecule is COc1ccc(CNCc2ccn(C)n2)c(OC)c1OC. The lowest BCUT2D eigenvalue weighted by molar-refractivity contribution is 0.321. The Morgan fingerprint density at radius 3 is 2.33 bits per heavy atom. The van der Waals surface area contributed by atoms with Gasteiger partial charge in [-0.25, -0.2) is 0 Å². The Balaban J connectivity index is 2.08. The van der Waals surface area contributed by atoms with Crippen LogP contribution in [-0.4, -0.2) is 31.1 Å². The maximum Gasteiger partial charge on any atom is 0.203 e. The van der Waals surface area contributed by atoms with Crippen LogP contribution in [0, 0.1) is 0 Å². The van der Waals surface area contributed by atoms with Crippen molar-refractivity contribution >= 4 is 0 Å². The predicted molar refractivity (Wildman–Crippen MR) is 79.8 cm³/mol. The van der Waals surface area contributed by atoms with Gasteiger partial charge in [0.15, 0.2) is 11.5 Å². The monoisotopic (exact) mass is 291 g/mol. The number of ether oxygens (including phenoxy) is 3. The van der Waals surface area contributed by atoms with E-state index in [2.05, 4.69) is 10.4 Å². The summed E-state index contributed by atoms with van der Waals surface area (Å²) >= 11 is 0. The van der Waals surface area contributed by atoms with Gasteiger partial charge in [-0.1, -0.05) is 6.07 Å². The minimum Gasteiger partial charge on any atom is -0.493 e. The topological polar surface area (TPSA) is 57.5 Å². The number of nitrogens with one attached hydrogen (secondary N) is 1. The number of hydrogen-bond donors (Lipinski definition) is 1. The van der Waals surface area contributed by atoms with Gasteiger partial charge in [0, 0.05) is 31.9 Å². The molecule has 0 fully saturated rings. The molecule has 2 rings (SSSR count). The summed E-state index contributed by atoms with van der Waals surface area (Å²) < 4.78 is 17.9. The normalized spacial score (nSPS) is 10.5. The molecule has 1 N–H and O–H groups in total. The molecule has 2 aromatic rings. The Kier molecular flexibility index (Phi) is 5.05.